The van der Waals surface area contributed by atoms with E-state index in [2.05, 4.69) is 10.4 Å². The Hall–Kier alpha value is -3.21. The van der Waals surface area contributed by atoms with Crippen molar-refractivity contribution in [1.29, 1.82) is 0 Å². The number of anilines is 1. The van der Waals surface area contributed by atoms with Crippen molar-refractivity contribution in [2.45, 2.75) is 11.8 Å². The van der Waals surface area contributed by atoms with Crippen molar-refractivity contribution in [3.05, 3.63) is 70.9 Å². The summed E-state index contributed by atoms with van der Waals surface area (Å²) in [5, 5.41) is 11.9. The molecule has 3 rings (SSSR count). The number of aromatic nitrogens is 2. The van der Waals surface area contributed by atoms with E-state index in [1.165, 1.54) is 12.1 Å². The second-order valence-electron chi connectivity index (χ2n) is 6.23. The van der Waals surface area contributed by atoms with Gasteiger partial charge in [-0.1, -0.05) is 29.8 Å². The quantitative estimate of drug-likeness (QED) is 0.555. The van der Waals surface area contributed by atoms with Crippen molar-refractivity contribution in [3.63, 3.8) is 0 Å². The molecule has 0 aliphatic heterocycles. The van der Waals surface area contributed by atoms with Crippen LogP contribution in [0, 0.1) is 6.92 Å². The number of halogens is 1. The number of nitrogens with zero attached hydrogens (tertiary/aromatic N) is 2. The lowest BCUT2D eigenvalue weighted by Crippen LogP contribution is -2.22. The number of rotatable bonds is 6. The Morgan fingerprint density at radius 2 is 1.87 bits per heavy atom. The fraction of sp³-hybridized carbons (Fsp3) is 0.105. The number of nitrogens with two attached hydrogens (primary N) is 1. The molecular formula is C19H17ClN4O5S. The van der Waals surface area contributed by atoms with E-state index < -0.39 is 33.4 Å². The highest BCUT2D eigenvalue weighted by molar-refractivity contribution is 7.89. The molecule has 2 aromatic carbocycles. The van der Waals surface area contributed by atoms with Crippen molar-refractivity contribution in [1.82, 2.24) is 9.78 Å². The fourth-order valence-electron chi connectivity index (χ4n) is 2.60. The number of carbonyl (C=O) groups excluding carboxylic acids is 2. The third-order valence-electron chi connectivity index (χ3n) is 3.91. The first-order chi connectivity index (χ1) is 14.1. The molecule has 0 spiro atoms. The number of esters is 1. The number of hydrogen-bond donors (Lipinski definition) is 2. The summed E-state index contributed by atoms with van der Waals surface area (Å²) in [7, 11) is -4.12. The van der Waals surface area contributed by atoms with Gasteiger partial charge in [0.25, 0.3) is 5.91 Å². The van der Waals surface area contributed by atoms with Crippen LogP contribution < -0.4 is 10.5 Å². The standard InChI is InChI=1S/C19H17ClN4O5S/c1-12-9-17(24(23-12)14-5-3-2-4-6-14)22-18(25)11-29-19(26)13-7-8-15(20)16(10-13)30(21,27)28/h2-10H,11H2,1H3,(H,22,25)(H2,21,27,28). The summed E-state index contributed by atoms with van der Waals surface area (Å²) < 4.78 is 29.5. The largest absolute Gasteiger partial charge is 0.452 e. The zero-order valence-electron chi connectivity index (χ0n) is 15.7. The average Bonchev–Trinajstić information content (AvgIpc) is 3.06. The summed E-state index contributed by atoms with van der Waals surface area (Å²) in [6, 6.07) is 14.3. The van der Waals surface area contributed by atoms with Crippen LogP contribution in [0.15, 0.2) is 59.5 Å². The predicted molar refractivity (Wildman–Crippen MR) is 110 cm³/mol. The Labute approximate surface area is 177 Å². The molecular weight excluding hydrogens is 432 g/mol. The van der Waals surface area contributed by atoms with Gasteiger partial charge in [-0.25, -0.2) is 23.0 Å². The minimum atomic E-state index is -4.12. The molecule has 0 radical (unpaired) electrons. The number of benzene rings is 2. The topological polar surface area (TPSA) is 133 Å². The first-order valence-corrected chi connectivity index (χ1v) is 10.5. The molecule has 1 heterocycles. The molecule has 0 saturated carbocycles. The molecule has 0 fully saturated rings. The third kappa shape index (κ3) is 5.03. The second kappa shape index (κ2) is 8.66. The average molecular weight is 449 g/mol. The van der Waals surface area contributed by atoms with E-state index in [4.69, 9.17) is 21.5 Å². The molecule has 3 aromatic rings. The number of amides is 1. The van der Waals surface area contributed by atoms with E-state index >= 15 is 0 Å². The highest BCUT2D eigenvalue weighted by Gasteiger charge is 2.18. The minimum absolute atomic E-state index is 0.110. The number of carbonyl (C=O) groups is 2. The van der Waals surface area contributed by atoms with Gasteiger partial charge in [0.1, 0.15) is 10.7 Å². The summed E-state index contributed by atoms with van der Waals surface area (Å²) in [5.74, 6) is -1.09. The molecule has 156 valence electrons. The third-order valence-corrected chi connectivity index (χ3v) is 5.30. The Morgan fingerprint density at radius 3 is 2.53 bits per heavy atom. The predicted octanol–water partition coefficient (Wildman–Crippen LogP) is 2.28. The van der Waals surface area contributed by atoms with Gasteiger partial charge in [-0.05, 0) is 37.3 Å². The molecule has 0 aliphatic carbocycles. The first-order valence-electron chi connectivity index (χ1n) is 8.56. The molecule has 3 N–H and O–H groups in total. The monoisotopic (exact) mass is 448 g/mol. The maximum absolute atomic E-state index is 12.3. The molecule has 0 saturated heterocycles. The molecule has 1 amide bonds. The summed E-state index contributed by atoms with van der Waals surface area (Å²) >= 11 is 5.79. The smallest absolute Gasteiger partial charge is 0.338 e. The van der Waals surface area contributed by atoms with Crippen molar-refractivity contribution in [2.24, 2.45) is 5.14 Å². The number of ether oxygens (including phenoxy) is 1. The van der Waals surface area contributed by atoms with Crippen molar-refractivity contribution in [2.75, 3.05) is 11.9 Å². The van der Waals surface area contributed by atoms with E-state index in [1.807, 2.05) is 30.3 Å². The number of para-hydroxylation sites is 1. The molecule has 0 atom stereocenters. The van der Waals surface area contributed by atoms with Crippen LogP contribution in [0.4, 0.5) is 5.82 Å². The van der Waals surface area contributed by atoms with Gasteiger partial charge in [0.15, 0.2) is 6.61 Å². The lowest BCUT2D eigenvalue weighted by molar-refractivity contribution is -0.119. The summed E-state index contributed by atoms with van der Waals surface area (Å²) in [6.45, 7) is 1.18. The fourth-order valence-corrected chi connectivity index (χ4v) is 3.67. The van der Waals surface area contributed by atoms with Gasteiger partial charge in [0.2, 0.25) is 10.0 Å². The van der Waals surface area contributed by atoms with Gasteiger partial charge in [0.05, 0.1) is 22.0 Å². The van der Waals surface area contributed by atoms with Crippen LogP contribution in [0.5, 0.6) is 0 Å². The molecule has 1 aromatic heterocycles. The van der Waals surface area contributed by atoms with Crippen molar-refractivity contribution in [3.8, 4) is 5.69 Å². The van der Waals surface area contributed by atoms with E-state index in [0.717, 1.165) is 11.8 Å². The Balaban J connectivity index is 1.68. The van der Waals surface area contributed by atoms with E-state index in [0.29, 0.717) is 11.5 Å². The van der Waals surface area contributed by atoms with E-state index in [9.17, 15) is 18.0 Å². The molecule has 11 heteroatoms. The highest BCUT2D eigenvalue weighted by atomic mass is 35.5. The Bertz CT molecular complexity index is 1210. The van der Waals surface area contributed by atoms with Gasteiger partial charge >= 0.3 is 5.97 Å². The summed E-state index contributed by atoms with van der Waals surface area (Å²) in [5.41, 5.74) is 1.32. The van der Waals surface area contributed by atoms with Crippen LogP contribution in [-0.4, -0.2) is 36.7 Å². The van der Waals surface area contributed by atoms with Crippen LogP contribution in [0.25, 0.3) is 5.69 Å². The Kier molecular flexibility index (Phi) is 6.20. The van der Waals surface area contributed by atoms with E-state index in [1.54, 1.807) is 17.7 Å². The van der Waals surface area contributed by atoms with Gasteiger partial charge < -0.3 is 10.1 Å². The van der Waals surface area contributed by atoms with Gasteiger partial charge in [-0.3, -0.25) is 4.79 Å². The molecule has 9 nitrogen and oxygen atoms in total. The van der Waals surface area contributed by atoms with Crippen LogP contribution in [0.1, 0.15) is 16.1 Å². The van der Waals surface area contributed by atoms with Crippen LogP contribution >= 0.6 is 11.6 Å². The molecule has 0 aliphatic rings. The number of nitrogens with one attached hydrogen (secondary N) is 1. The zero-order valence-corrected chi connectivity index (χ0v) is 17.3. The number of aryl methyl sites for hydroxylation is 1. The van der Waals surface area contributed by atoms with Crippen LogP contribution in [-0.2, 0) is 19.6 Å². The number of sulfonamides is 1. The maximum Gasteiger partial charge on any atom is 0.338 e. The molecule has 30 heavy (non-hydrogen) atoms. The van der Waals surface area contributed by atoms with Crippen LogP contribution in [0.2, 0.25) is 5.02 Å². The maximum atomic E-state index is 12.3. The van der Waals surface area contributed by atoms with E-state index in [-0.39, 0.29) is 10.6 Å². The zero-order chi connectivity index (χ0) is 21.9. The highest BCUT2D eigenvalue weighted by Crippen LogP contribution is 2.22. The first kappa shape index (κ1) is 21.5. The van der Waals surface area contributed by atoms with Gasteiger partial charge in [-0.2, -0.15) is 5.10 Å². The molecule has 0 unspecified atom stereocenters. The lowest BCUT2D eigenvalue weighted by Gasteiger charge is -2.10. The Morgan fingerprint density at radius 1 is 1.17 bits per heavy atom. The second-order valence-corrected chi connectivity index (χ2v) is 8.17. The normalized spacial score (nSPS) is 11.2. The van der Waals surface area contributed by atoms with Crippen molar-refractivity contribution < 1.29 is 22.7 Å². The summed E-state index contributed by atoms with van der Waals surface area (Å²) in [4.78, 5) is 24.0. The van der Waals surface area contributed by atoms with Crippen molar-refractivity contribution >= 4 is 39.3 Å². The molecule has 0 bridgehead atoms. The van der Waals surface area contributed by atoms with Gasteiger partial charge in [0, 0.05) is 6.07 Å². The number of primary sulfonamides is 1. The lowest BCUT2D eigenvalue weighted by atomic mass is 10.2. The minimum Gasteiger partial charge on any atom is -0.452 e. The van der Waals surface area contributed by atoms with Crippen LogP contribution in [0.3, 0.4) is 0 Å². The summed E-state index contributed by atoms with van der Waals surface area (Å²) in [6.07, 6.45) is 0. The van der Waals surface area contributed by atoms with Gasteiger partial charge in [-0.15, -0.1) is 0 Å². The SMILES string of the molecule is Cc1cc(NC(=O)COC(=O)c2ccc(Cl)c(S(N)(=O)=O)c2)n(-c2ccccc2)n1. The number of hydrogen-bond acceptors (Lipinski definition) is 6.